The first-order valence-corrected chi connectivity index (χ1v) is 7.54. The second kappa shape index (κ2) is 4.40. The Bertz CT molecular complexity index is 508. The van der Waals surface area contributed by atoms with Gasteiger partial charge < -0.3 is 5.11 Å². The number of thiophene rings is 1. The van der Waals surface area contributed by atoms with Crippen LogP contribution in [-0.2, 0) is 14.8 Å². The van der Waals surface area contributed by atoms with Crippen molar-refractivity contribution >= 4 is 27.3 Å². The van der Waals surface area contributed by atoms with Gasteiger partial charge in [0.2, 0.25) is 0 Å². The van der Waals surface area contributed by atoms with Crippen LogP contribution in [0.1, 0.15) is 13.3 Å². The molecule has 0 aromatic carbocycles. The molecule has 1 fully saturated rings. The lowest BCUT2D eigenvalue weighted by Crippen LogP contribution is -2.42. The number of hydrogen-bond donors (Lipinski definition) is 1. The monoisotopic (exact) mass is 275 g/mol. The van der Waals surface area contributed by atoms with Crippen LogP contribution in [0.2, 0.25) is 0 Å². The van der Waals surface area contributed by atoms with Crippen LogP contribution in [0.25, 0.3) is 0 Å². The second-order valence-electron chi connectivity index (χ2n) is 4.10. The minimum Gasteiger partial charge on any atom is -0.480 e. The quantitative estimate of drug-likeness (QED) is 0.900. The van der Waals surface area contributed by atoms with Crippen molar-refractivity contribution < 1.29 is 18.3 Å². The molecule has 1 aromatic rings. The maximum atomic E-state index is 12.2. The van der Waals surface area contributed by atoms with E-state index in [1.165, 1.54) is 6.07 Å². The average Bonchev–Trinajstić information content (AvgIpc) is 2.84. The first-order chi connectivity index (χ1) is 7.94. The third kappa shape index (κ3) is 2.10. The molecule has 2 unspecified atom stereocenters. The van der Waals surface area contributed by atoms with Gasteiger partial charge in [0, 0.05) is 6.54 Å². The maximum absolute atomic E-state index is 12.2. The van der Waals surface area contributed by atoms with Gasteiger partial charge >= 0.3 is 5.97 Å². The summed E-state index contributed by atoms with van der Waals surface area (Å²) in [7, 11) is -3.65. The second-order valence-corrected chi connectivity index (χ2v) is 7.16. The molecule has 94 valence electrons. The van der Waals surface area contributed by atoms with Gasteiger partial charge in [-0.05, 0) is 23.8 Å². The molecule has 0 aliphatic carbocycles. The van der Waals surface area contributed by atoms with Crippen LogP contribution < -0.4 is 0 Å². The molecule has 2 heterocycles. The van der Waals surface area contributed by atoms with E-state index in [-0.39, 0.29) is 16.7 Å². The molecular formula is C10H13NO4S2. The van der Waals surface area contributed by atoms with Crippen molar-refractivity contribution in [2.75, 3.05) is 6.54 Å². The number of hydrogen-bond acceptors (Lipinski definition) is 4. The van der Waals surface area contributed by atoms with Gasteiger partial charge in [0.15, 0.2) is 0 Å². The zero-order chi connectivity index (χ0) is 12.6. The van der Waals surface area contributed by atoms with E-state index in [1.807, 2.05) is 0 Å². The Balaban J connectivity index is 2.38. The lowest BCUT2D eigenvalue weighted by Gasteiger charge is -2.21. The molecule has 0 bridgehead atoms. The predicted octanol–water partition coefficient (Wildman–Crippen LogP) is 1.23. The number of sulfonamides is 1. The highest BCUT2D eigenvalue weighted by Crippen LogP contribution is 2.31. The molecule has 1 aromatic heterocycles. The summed E-state index contributed by atoms with van der Waals surface area (Å²) in [4.78, 5) is 11.1. The highest BCUT2D eigenvalue weighted by Gasteiger charge is 2.44. The Hall–Kier alpha value is -0.920. The van der Waals surface area contributed by atoms with Crippen LogP contribution in [0.15, 0.2) is 21.7 Å². The van der Waals surface area contributed by atoms with Gasteiger partial charge in [-0.3, -0.25) is 4.79 Å². The molecule has 0 radical (unpaired) electrons. The van der Waals surface area contributed by atoms with Gasteiger partial charge in [-0.2, -0.15) is 4.31 Å². The third-order valence-corrected chi connectivity index (χ3v) is 6.22. The Labute approximate surface area is 104 Å². The molecule has 1 saturated heterocycles. The van der Waals surface area contributed by atoms with E-state index in [4.69, 9.17) is 5.11 Å². The topological polar surface area (TPSA) is 74.7 Å². The summed E-state index contributed by atoms with van der Waals surface area (Å²) in [5.41, 5.74) is 0. The minimum absolute atomic E-state index is 0.151. The van der Waals surface area contributed by atoms with Crippen molar-refractivity contribution in [2.24, 2.45) is 5.92 Å². The molecule has 0 saturated carbocycles. The smallest absolute Gasteiger partial charge is 0.322 e. The van der Waals surface area contributed by atoms with Crippen molar-refractivity contribution in [3.05, 3.63) is 17.5 Å². The van der Waals surface area contributed by atoms with Crippen LogP contribution in [0, 0.1) is 5.92 Å². The zero-order valence-electron chi connectivity index (χ0n) is 9.24. The Kier molecular flexibility index (Phi) is 3.24. The van der Waals surface area contributed by atoms with Gasteiger partial charge in [0.05, 0.1) is 0 Å². The summed E-state index contributed by atoms with van der Waals surface area (Å²) in [6.07, 6.45) is 0.585. The summed E-state index contributed by atoms with van der Waals surface area (Å²) < 4.78 is 25.8. The van der Waals surface area contributed by atoms with Crippen molar-refractivity contribution in [2.45, 2.75) is 23.6 Å². The fraction of sp³-hybridized carbons (Fsp3) is 0.500. The lowest BCUT2D eigenvalue weighted by atomic mass is 10.0. The van der Waals surface area contributed by atoms with Gasteiger partial charge in [-0.15, -0.1) is 11.3 Å². The Morgan fingerprint density at radius 2 is 2.29 bits per heavy atom. The fourth-order valence-electron chi connectivity index (χ4n) is 2.07. The highest BCUT2D eigenvalue weighted by molar-refractivity contribution is 7.91. The first-order valence-electron chi connectivity index (χ1n) is 5.22. The number of carbonyl (C=O) groups is 1. The molecule has 5 nitrogen and oxygen atoms in total. The first kappa shape index (κ1) is 12.5. The average molecular weight is 275 g/mol. The minimum atomic E-state index is -3.65. The van der Waals surface area contributed by atoms with Crippen LogP contribution in [0.3, 0.4) is 0 Å². The number of carboxylic acids is 1. The van der Waals surface area contributed by atoms with Gasteiger partial charge in [0.1, 0.15) is 10.3 Å². The summed E-state index contributed by atoms with van der Waals surface area (Å²) in [6, 6.07) is 2.21. The normalized spacial score (nSPS) is 26.2. The van der Waals surface area contributed by atoms with Gasteiger partial charge in [-0.1, -0.05) is 13.0 Å². The van der Waals surface area contributed by atoms with Crippen LogP contribution in [0.4, 0.5) is 0 Å². The molecule has 1 aliphatic heterocycles. The fourth-order valence-corrected chi connectivity index (χ4v) is 4.89. The van der Waals surface area contributed by atoms with E-state index in [9.17, 15) is 13.2 Å². The largest absolute Gasteiger partial charge is 0.480 e. The Morgan fingerprint density at radius 3 is 2.82 bits per heavy atom. The molecular weight excluding hydrogens is 262 g/mol. The summed E-state index contributed by atoms with van der Waals surface area (Å²) in [5, 5.41) is 10.8. The van der Waals surface area contributed by atoms with E-state index in [1.54, 1.807) is 18.4 Å². The summed E-state index contributed by atoms with van der Waals surface area (Å²) in [6.45, 7) is 2.04. The van der Waals surface area contributed by atoms with Crippen LogP contribution in [-0.4, -0.2) is 36.4 Å². The van der Waals surface area contributed by atoms with Crippen LogP contribution in [0.5, 0.6) is 0 Å². The van der Waals surface area contributed by atoms with E-state index in [0.29, 0.717) is 6.42 Å². The molecule has 0 spiro atoms. The SMILES string of the molecule is CC1CCN(S(=O)(=O)c2cccs2)C1C(=O)O. The van der Waals surface area contributed by atoms with E-state index in [2.05, 4.69) is 0 Å². The standard InChI is InChI=1S/C10H13NO4S2/c1-7-4-5-11(9(7)10(12)13)17(14,15)8-3-2-6-16-8/h2-3,6-7,9H,4-5H2,1H3,(H,12,13). The van der Waals surface area contributed by atoms with Crippen molar-refractivity contribution in [3.8, 4) is 0 Å². The molecule has 1 aliphatic rings. The number of aliphatic carboxylic acids is 1. The molecule has 17 heavy (non-hydrogen) atoms. The van der Waals surface area contributed by atoms with E-state index in [0.717, 1.165) is 15.6 Å². The molecule has 1 N–H and O–H groups in total. The molecule has 0 amide bonds. The number of nitrogens with zero attached hydrogens (tertiary/aromatic N) is 1. The van der Waals surface area contributed by atoms with Crippen LogP contribution >= 0.6 is 11.3 Å². The van der Waals surface area contributed by atoms with Gasteiger partial charge in [-0.25, -0.2) is 8.42 Å². The zero-order valence-corrected chi connectivity index (χ0v) is 10.9. The predicted molar refractivity (Wildman–Crippen MR) is 63.4 cm³/mol. The van der Waals surface area contributed by atoms with Crippen molar-refractivity contribution in [1.82, 2.24) is 4.31 Å². The van der Waals surface area contributed by atoms with Crippen molar-refractivity contribution in [1.29, 1.82) is 0 Å². The summed E-state index contributed by atoms with van der Waals surface area (Å²) >= 11 is 1.11. The third-order valence-electron chi connectivity index (χ3n) is 2.97. The van der Waals surface area contributed by atoms with E-state index >= 15 is 0 Å². The highest BCUT2D eigenvalue weighted by atomic mass is 32.2. The number of carboxylic acid groups (broad SMARTS) is 1. The Morgan fingerprint density at radius 1 is 1.59 bits per heavy atom. The number of rotatable bonds is 3. The lowest BCUT2D eigenvalue weighted by molar-refractivity contribution is -0.141. The maximum Gasteiger partial charge on any atom is 0.322 e. The van der Waals surface area contributed by atoms with Crippen molar-refractivity contribution in [3.63, 3.8) is 0 Å². The van der Waals surface area contributed by atoms with E-state index < -0.39 is 22.0 Å². The molecule has 2 rings (SSSR count). The molecule has 2 atom stereocenters. The molecule has 7 heteroatoms. The van der Waals surface area contributed by atoms with Gasteiger partial charge in [0.25, 0.3) is 10.0 Å². The summed E-state index contributed by atoms with van der Waals surface area (Å²) in [5.74, 6) is -1.22.